The molecule has 0 spiro atoms. The molecule has 9 heteroatoms. The molecule has 1 aliphatic carbocycles. The molecule has 3 aromatic rings. The molecule has 5 nitrogen and oxygen atoms in total. The van der Waals surface area contributed by atoms with Gasteiger partial charge in [0.2, 0.25) is 15.9 Å². The standard InChI is InChI=1S/C24H22ClFN2O3S2/c25-17-3-9-20(10-4-17)33(30,31)28(19-7-8-19)15-23(29)27-13-11-22-21(12-14-32-22)24(27)16-1-5-18(26)6-2-16/h1-6,9-10,12,14,19,24H,7-8,11,13,15H2. The van der Waals surface area contributed by atoms with E-state index >= 15 is 0 Å². The van der Waals surface area contributed by atoms with Gasteiger partial charge in [-0.25, -0.2) is 12.8 Å². The van der Waals surface area contributed by atoms with Crippen LogP contribution in [0.5, 0.6) is 0 Å². The van der Waals surface area contributed by atoms with E-state index in [0.29, 0.717) is 18.0 Å². The number of carbonyl (C=O) groups is 1. The lowest BCUT2D eigenvalue weighted by molar-refractivity contribution is -0.133. The van der Waals surface area contributed by atoms with Crippen LogP contribution in [-0.2, 0) is 21.2 Å². The van der Waals surface area contributed by atoms with Crippen molar-refractivity contribution in [1.29, 1.82) is 0 Å². The average molecular weight is 505 g/mol. The van der Waals surface area contributed by atoms with Crippen molar-refractivity contribution in [3.63, 3.8) is 0 Å². The van der Waals surface area contributed by atoms with E-state index in [4.69, 9.17) is 11.6 Å². The molecule has 2 aromatic carbocycles. The van der Waals surface area contributed by atoms with Gasteiger partial charge < -0.3 is 4.90 Å². The van der Waals surface area contributed by atoms with Crippen molar-refractivity contribution in [2.75, 3.05) is 13.1 Å². The minimum atomic E-state index is -3.85. The molecule has 172 valence electrons. The number of hydrogen-bond acceptors (Lipinski definition) is 4. The van der Waals surface area contributed by atoms with E-state index in [9.17, 15) is 17.6 Å². The number of amides is 1. The summed E-state index contributed by atoms with van der Waals surface area (Å²) in [5, 5.41) is 2.45. The first-order valence-corrected chi connectivity index (χ1v) is 13.4. The van der Waals surface area contributed by atoms with Crippen molar-refractivity contribution in [3.8, 4) is 0 Å². The third-order valence-electron chi connectivity index (χ3n) is 6.14. The van der Waals surface area contributed by atoms with Crippen molar-refractivity contribution in [2.24, 2.45) is 0 Å². The van der Waals surface area contributed by atoms with Crippen molar-refractivity contribution in [3.05, 3.63) is 86.8 Å². The smallest absolute Gasteiger partial charge is 0.243 e. The minimum Gasteiger partial charge on any atom is -0.330 e. The summed E-state index contributed by atoms with van der Waals surface area (Å²) in [5.41, 5.74) is 1.83. The van der Waals surface area contributed by atoms with E-state index < -0.39 is 10.0 Å². The predicted molar refractivity (Wildman–Crippen MR) is 126 cm³/mol. The Morgan fingerprint density at radius 3 is 2.45 bits per heavy atom. The first kappa shape index (κ1) is 22.5. The van der Waals surface area contributed by atoms with Crippen molar-refractivity contribution in [1.82, 2.24) is 9.21 Å². The SMILES string of the molecule is O=C(CN(C1CC1)S(=O)(=O)c1ccc(Cl)cc1)N1CCc2sccc2C1c1ccc(F)cc1. The molecule has 1 amide bonds. The number of hydrogen-bond donors (Lipinski definition) is 0. The number of halogens is 2. The molecule has 1 fully saturated rings. The maximum absolute atomic E-state index is 13.6. The van der Waals surface area contributed by atoms with Crippen LogP contribution in [0.4, 0.5) is 4.39 Å². The van der Waals surface area contributed by atoms with Crippen LogP contribution < -0.4 is 0 Å². The number of rotatable bonds is 6. The number of nitrogens with zero attached hydrogens (tertiary/aromatic N) is 2. The van der Waals surface area contributed by atoms with E-state index in [0.717, 1.165) is 24.0 Å². The third kappa shape index (κ3) is 4.45. The van der Waals surface area contributed by atoms with Crippen molar-refractivity contribution < 1.29 is 17.6 Å². The van der Waals surface area contributed by atoms with E-state index in [1.165, 1.54) is 45.6 Å². The third-order valence-corrected chi connectivity index (χ3v) is 9.30. The molecular formula is C24H22ClFN2O3S2. The normalized spacial score (nSPS) is 18.4. The highest BCUT2D eigenvalue weighted by molar-refractivity contribution is 7.89. The molecule has 0 bridgehead atoms. The highest BCUT2D eigenvalue weighted by atomic mass is 35.5. The summed E-state index contributed by atoms with van der Waals surface area (Å²) in [7, 11) is -3.85. The monoisotopic (exact) mass is 504 g/mol. The van der Waals surface area contributed by atoms with E-state index in [2.05, 4.69) is 0 Å². The summed E-state index contributed by atoms with van der Waals surface area (Å²) in [5.74, 6) is -0.599. The van der Waals surface area contributed by atoms with Crippen LogP contribution in [0.3, 0.4) is 0 Å². The number of benzene rings is 2. The summed E-state index contributed by atoms with van der Waals surface area (Å²) in [6.45, 7) is 0.251. The Kier molecular flexibility index (Phi) is 6.03. The molecule has 33 heavy (non-hydrogen) atoms. The average Bonchev–Trinajstić information content (AvgIpc) is 3.53. The molecule has 0 radical (unpaired) electrons. The van der Waals surface area contributed by atoms with Crippen molar-refractivity contribution >= 4 is 38.9 Å². The maximum Gasteiger partial charge on any atom is 0.243 e. The van der Waals surface area contributed by atoms with Gasteiger partial charge in [0.25, 0.3) is 0 Å². The molecule has 2 aliphatic rings. The Labute approximate surface area is 201 Å². The fourth-order valence-corrected chi connectivity index (χ4v) is 6.99. The Morgan fingerprint density at radius 2 is 1.79 bits per heavy atom. The minimum absolute atomic E-state index is 0.125. The van der Waals surface area contributed by atoms with Crippen LogP contribution in [0.1, 0.15) is 34.9 Å². The van der Waals surface area contributed by atoms with Gasteiger partial charge in [-0.3, -0.25) is 4.79 Å². The lowest BCUT2D eigenvalue weighted by atomic mass is 9.93. The van der Waals surface area contributed by atoms with E-state index in [1.807, 2.05) is 11.4 Å². The molecule has 0 N–H and O–H groups in total. The van der Waals surface area contributed by atoms with Gasteiger partial charge in [-0.1, -0.05) is 23.7 Å². The second-order valence-electron chi connectivity index (χ2n) is 8.33. The van der Waals surface area contributed by atoms with Crippen LogP contribution in [0, 0.1) is 5.82 Å². The zero-order valence-corrected chi connectivity index (χ0v) is 20.0. The molecule has 5 rings (SSSR count). The summed E-state index contributed by atoms with van der Waals surface area (Å²) in [4.78, 5) is 16.6. The van der Waals surface area contributed by atoms with Gasteiger partial charge in [0, 0.05) is 22.5 Å². The highest BCUT2D eigenvalue weighted by Crippen LogP contribution is 2.39. The first-order chi connectivity index (χ1) is 15.8. The molecule has 1 aromatic heterocycles. The van der Waals surface area contributed by atoms with E-state index in [1.54, 1.807) is 28.4 Å². The zero-order chi connectivity index (χ0) is 23.2. The fourth-order valence-electron chi connectivity index (χ4n) is 4.33. The summed E-state index contributed by atoms with van der Waals surface area (Å²) < 4.78 is 41.6. The van der Waals surface area contributed by atoms with Crippen LogP contribution in [-0.4, -0.2) is 42.7 Å². The second kappa shape index (κ2) is 8.83. The van der Waals surface area contributed by atoms with Crippen LogP contribution in [0.2, 0.25) is 5.02 Å². The van der Waals surface area contributed by atoms with Gasteiger partial charge in [0.05, 0.1) is 17.5 Å². The van der Waals surface area contributed by atoms with Gasteiger partial charge in [-0.2, -0.15) is 4.31 Å². The second-order valence-corrected chi connectivity index (χ2v) is 11.7. The fraction of sp³-hybridized carbons (Fsp3) is 0.292. The lowest BCUT2D eigenvalue weighted by Gasteiger charge is -2.37. The number of carbonyl (C=O) groups excluding carboxylic acids is 1. The maximum atomic E-state index is 13.6. The number of fused-ring (bicyclic) bond motifs is 1. The van der Waals surface area contributed by atoms with Gasteiger partial charge in [0.15, 0.2) is 0 Å². The molecule has 1 atom stereocenters. The Bertz CT molecular complexity index is 1270. The molecule has 0 saturated heterocycles. The van der Waals surface area contributed by atoms with Gasteiger partial charge in [0.1, 0.15) is 5.82 Å². The first-order valence-electron chi connectivity index (χ1n) is 10.7. The number of thiophene rings is 1. The lowest BCUT2D eigenvalue weighted by Crippen LogP contribution is -2.47. The molecule has 2 heterocycles. The molecule has 1 aliphatic heterocycles. The van der Waals surface area contributed by atoms with E-state index in [-0.39, 0.29) is 35.2 Å². The Morgan fingerprint density at radius 1 is 1.09 bits per heavy atom. The zero-order valence-electron chi connectivity index (χ0n) is 17.7. The molecule has 1 saturated carbocycles. The summed E-state index contributed by atoms with van der Waals surface area (Å²) >= 11 is 7.57. The van der Waals surface area contributed by atoms with Gasteiger partial charge in [-0.15, -0.1) is 11.3 Å². The van der Waals surface area contributed by atoms with Crippen molar-refractivity contribution in [2.45, 2.75) is 36.2 Å². The van der Waals surface area contributed by atoms with Crippen LogP contribution in [0.15, 0.2) is 64.9 Å². The Hall–Kier alpha value is -2.26. The summed E-state index contributed by atoms with van der Waals surface area (Å²) in [6, 6.07) is 13.6. The molecular weight excluding hydrogens is 483 g/mol. The van der Waals surface area contributed by atoms with Crippen LogP contribution in [0.25, 0.3) is 0 Å². The summed E-state index contributed by atoms with van der Waals surface area (Å²) in [6.07, 6.45) is 2.18. The number of sulfonamides is 1. The highest BCUT2D eigenvalue weighted by Gasteiger charge is 2.41. The molecule has 1 unspecified atom stereocenters. The predicted octanol–water partition coefficient (Wildman–Crippen LogP) is 4.87. The quantitative estimate of drug-likeness (QED) is 0.481. The topological polar surface area (TPSA) is 57.7 Å². The van der Waals surface area contributed by atoms with Gasteiger partial charge >= 0.3 is 0 Å². The largest absolute Gasteiger partial charge is 0.330 e. The van der Waals surface area contributed by atoms with Gasteiger partial charge in [-0.05, 0) is 78.2 Å². The Balaban J connectivity index is 1.46. The van der Waals surface area contributed by atoms with Crippen LogP contribution >= 0.6 is 22.9 Å².